The van der Waals surface area contributed by atoms with Gasteiger partial charge in [0.25, 0.3) is 5.69 Å². The van der Waals surface area contributed by atoms with Crippen molar-refractivity contribution in [2.24, 2.45) is 0 Å². The summed E-state index contributed by atoms with van der Waals surface area (Å²) in [5.74, 6) is -0.382. The summed E-state index contributed by atoms with van der Waals surface area (Å²) in [6.45, 7) is 3.66. The molecule has 1 aromatic heterocycles. The lowest BCUT2D eigenvalue weighted by atomic mass is 10.2. The highest BCUT2D eigenvalue weighted by molar-refractivity contribution is 8.00. The largest absolute Gasteiger partial charge is 0.319 e. The molecule has 0 aliphatic heterocycles. The number of nitrogens with one attached hydrogen (secondary N) is 1. The van der Waals surface area contributed by atoms with Gasteiger partial charge in [0.1, 0.15) is 5.69 Å². The number of thioether (sulfide) groups is 1. The maximum absolute atomic E-state index is 12.5. The fourth-order valence-corrected chi connectivity index (χ4v) is 3.09. The first-order chi connectivity index (χ1) is 13.0. The quantitative estimate of drug-likeness (QED) is 0.394. The number of hydrogen-bond donors (Lipinski definition) is 1. The van der Waals surface area contributed by atoms with Gasteiger partial charge >= 0.3 is 0 Å². The second-order valence-corrected chi connectivity index (χ2v) is 7.04. The molecule has 9 nitrogen and oxygen atoms in total. The normalized spacial score (nSPS) is 11.8. The van der Waals surface area contributed by atoms with Crippen molar-refractivity contribution in [3.05, 3.63) is 64.2 Å². The van der Waals surface area contributed by atoms with Crippen LogP contribution in [-0.2, 0) is 4.79 Å². The van der Waals surface area contributed by atoms with Crippen molar-refractivity contribution in [1.82, 2.24) is 20.2 Å². The number of anilines is 1. The highest BCUT2D eigenvalue weighted by Crippen LogP contribution is 2.27. The Labute approximate surface area is 158 Å². The Morgan fingerprint density at radius 1 is 1.22 bits per heavy atom. The zero-order valence-corrected chi connectivity index (χ0v) is 15.4. The van der Waals surface area contributed by atoms with E-state index in [9.17, 15) is 14.9 Å². The van der Waals surface area contributed by atoms with Gasteiger partial charge in [-0.25, -0.2) is 0 Å². The number of nitro groups is 1. The van der Waals surface area contributed by atoms with Gasteiger partial charge in [-0.05, 0) is 42.5 Å². The standard InChI is InChI=1S/C17H16N6O3S/c1-11-7-9-13(10-8-11)22-17(19-20-21-22)27-12(2)16(24)18-14-5-3-4-6-15(14)23(25)26/h3-10,12H,1-2H3,(H,18,24)/t12-/m1/s1. The summed E-state index contributed by atoms with van der Waals surface area (Å²) in [7, 11) is 0. The summed E-state index contributed by atoms with van der Waals surface area (Å²) in [5, 5.41) is 25.2. The molecule has 0 fully saturated rings. The molecule has 0 radical (unpaired) electrons. The number of para-hydroxylation sites is 2. The van der Waals surface area contributed by atoms with Gasteiger partial charge in [0, 0.05) is 6.07 Å². The van der Waals surface area contributed by atoms with Crippen LogP contribution in [0, 0.1) is 17.0 Å². The molecule has 0 saturated carbocycles. The lowest BCUT2D eigenvalue weighted by Crippen LogP contribution is -2.23. The van der Waals surface area contributed by atoms with E-state index in [1.807, 2.05) is 31.2 Å². The molecule has 0 saturated heterocycles. The molecule has 1 amide bonds. The number of nitro benzene ring substituents is 1. The van der Waals surface area contributed by atoms with Crippen molar-refractivity contribution in [3.8, 4) is 5.69 Å². The Hall–Kier alpha value is -3.27. The highest BCUT2D eigenvalue weighted by Gasteiger charge is 2.22. The summed E-state index contributed by atoms with van der Waals surface area (Å²) < 4.78 is 1.54. The molecule has 10 heteroatoms. The van der Waals surface area contributed by atoms with Crippen LogP contribution in [0.5, 0.6) is 0 Å². The second-order valence-electron chi connectivity index (χ2n) is 5.73. The highest BCUT2D eigenvalue weighted by atomic mass is 32.2. The van der Waals surface area contributed by atoms with E-state index in [-0.39, 0.29) is 17.3 Å². The molecule has 0 spiro atoms. The Balaban J connectivity index is 1.74. The van der Waals surface area contributed by atoms with Crippen LogP contribution in [0.4, 0.5) is 11.4 Å². The number of carbonyl (C=O) groups is 1. The van der Waals surface area contributed by atoms with Crippen LogP contribution in [-0.4, -0.2) is 36.3 Å². The Morgan fingerprint density at radius 3 is 2.63 bits per heavy atom. The molecule has 0 unspecified atom stereocenters. The van der Waals surface area contributed by atoms with Crippen molar-refractivity contribution >= 4 is 29.0 Å². The maximum Gasteiger partial charge on any atom is 0.292 e. The molecule has 3 rings (SSSR count). The van der Waals surface area contributed by atoms with Crippen molar-refractivity contribution in [2.45, 2.75) is 24.3 Å². The molecule has 0 aliphatic carbocycles. The number of rotatable bonds is 6. The molecule has 3 aromatic rings. The van der Waals surface area contributed by atoms with Crippen molar-refractivity contribution in [2.75, 3.05) is 5.32 Å². The maximum atomic E-state index is 12.5. The third kappa shape index (κ3) is 4.29. The number of tetrazole rings is 1. The van der Waals surface area contributed by atoms with E-state index < -0.39 is 10.2 Å². The van der Waals surface area contributed by atoms with Crippen LogP contribution in [0.25, 0.3) is 5.69 Å². The minimum absolute atomic E-state index is 0.151. The van der Waals surface area contributed by atoms with Gasteiger partial charge in [-0.3, -0.25) is 14.9 Å². The topological polar surface area (TPSA) is 116 Å². The van der Waals surface area contributed by atoms with E-state index in [0.29, 0.717) is 5.16 Å². The van der Waals surface area contributed by atoms with Crippen LogP contribution in [0.2, 0.25) is 0 Å². The number of aryl methyl sites for hydroxylation is 1. The summed E-state index contributed by atoms with van der Waals surface area (Å²) in [4.78, 5) is 23.0. The molecule has 1 heterocycles. The van der Waals surface area contributed by atoms with Gasteiger partial charge in [0.2, 0.25) is 11.1 Å². The van der Waals surface area contributed by atoms with E-state index in [0.717, 1.165) is 23.0 Å². The summed E-state index contributed by atoms with van der Waals surface area (Å²) in [6.07, 6.45) is 0. The first kappa shape index (κ1) is 18.5. The molecule has 0 bridgehead atoms. The fourth-order valence-electron chi connectivity index (χ4n) is 2.28. The molecule has 1 N–H and O–H groups in total. The number of hydrogen-bond acceptors (Lipinski definition) is 7. The molecule has 138 valence electrons. The van der Waals surface area contributed by atoms with E-state index in [4.69, 9.17) is 0 Å². The number of amides is 1. The van der Waals surface area contributed by atoms with Crippen molar-refractivity contribution in [1.29, 1.82) is 0 Å². The van der Waals surface area contributed by atoms with Gasteiger partial charge < -0.3 is 5.32 Å². The monoisotopic (exact) mass is 384 g/mol. The number of nitrogens with zero attached hydrogens (tertiary/aromatic N) is 5. The first-order valence-electron chi connectivity index (χ1n) is 8.02. The average molecular weight is 384 g/mol. The lowest BCUT2D eigenvalue weighted by molar-refractivity contribution is -0.383. The fraction of sp³-hybridized carbons (Fsp3) is 0.176. The van der Waals surface area contributed by atoms with Gasteiger partial charge in [-0.15, -0.1) is 5.10 Å². The van der Waals surface area contributed by atoms with Crippen molar-refractivity contribution < 1.29 is 9.72 Å². The van der Waals surface area contributed by atoms with E-state index >= 15 is 0 Å². The molecular formula is C17H16N6O3S. The third-order valence-corrected chi connectivity index (χ3v) is 4.76. The minimum Gasteiger partial charge on any atom is -0.319 e. The van der Waals surface area contributed by atoms with Crippen LogP contribution >= 0.6 is 11.8 Å². The van der Waals surface area contributed by atoms with E-state index in [2.05, 4.69) is 20.8 Å². The molecule has 27 heavy (non-hydrogen) atoms. The predicted molar refractivity (Wildman–Crippen MR) is 101 cm³/mol. The summed E-state index contributed by atoms with van der Waals surface area (Å²) >= 11 is 1.16. The van der Waals surface area contributed by atoms with Gasteiger partial charge in [0.05, 0.1) is 15.9 Å². The molecular weight excluding hydrogens is 368 g/mol. The zero-order chi connectivity index (χ0) is 19.4. The summed E-state index contributed by atoms with van der Waals surface area (Å²) in [6, 6.07) is 13.6. The number of benzene rings is 2. The Kier molecular flexibility index (Phi) is 5.46. The van der Waals surface area contributed by atoms with Gasteiger partial charge in [0.15, 0.2) is 0 Å². The third-order valence-electron chi connectivity index (χ3n) is 3.73. The summed E-state index contributed by atoms with van der Waals surface area (Å²) in [5.41, 5.74) is 1.88. The lowest BCUT2D eigenvalue weighted by Gasteiger charge is -2.12. The molecule has 0 aliphatic rings. The first-order valence-corrected chi connectivity index (χ1v) is 8.90. The molecule has 2 aromatic carbocycles. The second kappa shape index (κ2) is 7.96. The Morgan fingerprint density at radius 2 is 1.93 bits per heavy atom. The van der Waals surface area contributed by atoms with Gasteiger partial charge in [-0.2, -0.15) is 4.68 Å². The zero-order valence-electron chi connectivity index (χ0n) is 14.6. The van der Waals surface area contributed by atoms with Crippen LogP contribution < -0.4 is 5.32 Å². The predicted octanol–water partition coefficient (Wildman–Crippen LogP) is 3.00. The minimum atomic E-state index is -0.569. The van der Waals surface area contributed by atoms with E-state index in [1.54, 1.807) is 23.7 Å². The van der Waals surface area contributed by atoms with E-state index in [1.165, 1.54) is 12.1 Å². The average Bonchev–Trinajstić information content (AvgIpc) is 3.10. The SMILES string of the molecule is Cc1ccc(-n2nnnc2S[C@H](C)C(=O)Nc2ccccc2[N+](=O)[O-])cc1. The number of carbonyl (C=O) groups excluding carboxylic acids is 1. The van der Waals surface area contributed by atoms with Crippen LogP contribution in [0.3, 0.4) is 0 Å². The van der Waals surface area contributed by atoms with Crippen LogP contribution in [0.1, 0.15) is 12.5 Å². The van der Waals surface area contributed by atoms with Gasteiger partial charge in [-0.1, -0.05) is 41.6 Å². The Bertz CT molecular complexity index is 973. The smallest absolute Gasteiger partial charge is 0.292 e. The van der Waals surface area contributed by atoms with Crippen LogP contribution in [0.15, 0.2) is 53.7 Å². The number of aromatic nitrogens is 4. The van der Waals surface area contributed by atoms with Crippen molar-refractivity contribution in [3.63, 3.8) is 0 Å². The molecule has 1 atom stereocenters.